The van der Waals surface area contributed by atoms with Crippen molar-refractivity contribution >= 4 is 5.91 Å². The lowest BCUT2D eigenvalue weighted by Crippen LogP contribution is -2.47. The van der Waals surface area contributed by atoms with Gasteiger partial charge in [0.2, 0.25) is 5.91 Å². The maximum absolute atomic E-state index is 13.3. The molecule has 5 fully saturated rings. The first-order valence-corrected chi connectivity index (χ1v) is 11.2. The van der Waals surface area contributed by atoms with Gasteiger partial charge in [-0.15, -0.1) is 0 Å². The standard InChI is InChI=1S/C24H34N2O/c1-2-23-12-16-13-24(15-23,17-6-4-3-5-7-17)14-20(23)21(16)22(27)26-19-10-8-18(25)9-11-19/h3-7,16,18-21H,2,8-15,25H2,1H3,(H,26,27). The second-order valence-electron chi connectivity index (χ2n) is 10.2. The van der Waals surface area contributed by atoms with Gasteiger partial charge in [-0.2, -0.15) is 0 Å². The van der Waals surface area contributed by atoms with Crippen molar-refractivity contribution in [2.45, 2.75) is 82.2 Å². The van der Waals surface area contributed by atoms with E-state index < -0.39 is 0 Å². The lowest BCUT2D eigenvalue weighted by molar-refractivity contribution is -0.129. The second-order valence-corrected chi connectivity index (χ2v) is 10.2. The molecule has 0 aromatic heterocycles. The van der Waals surface area contributed by atoms with E-state index in [1.807, 2.05) is 0 Å². The van der Waals surface area contributed by atoms with E-state index in [0.717, 1.165) is 25.7 Å². The summed E-state index contributed by atoms with van der Waals surface area (Å²) in [5.41, 5.74) is 8.30. The van der Waals surface area contributed by atoms with E-state index in [2.05, 4.69) is 42.6 Å². The predicted octanol–water partition coefficient (Wildman–Crippen LogP) is 4.16. The van der Waals surface area contributed by atoms with Gasteiger partial charge in [0.1, 0.15) is 0 Å². The maximum atomic E-state index is 13.3. The molecule has 27 heavy (non-hydrogen) atoms. The lowest BCUT2D eigenvalue weighted by Gasteiger charge is -2.43. The number of nitrogens with two attached hydrogens (primary N) is 1. The first-order valence-electron chi connectivity index (χ1n) is 11.2. The molecule has 1 aromatic rings. The molecule has 6 rings (SSSR count). The van der Waals surface area contributed by atoms with Crippen molar-refractivity contribution in [2.24, 2.45) is 28.9 Å². The van der Waals surface area contributed by atoms with Crippen molar-refractivity contribution in [3.63, 3.8) is 0 Å². The monoisotopic (exact) mass is 366 g/mol. The number of hydrogen-bond donors (Lipinski definition) is 2. The Balaban J connectivity index is 1.37. The minimum Gasteiger partial charge on any atom is -0.353 e. The van der Waals surface area contributed by atoms with E-state index in [-0.39, 0.29) is 5.92 Å². The number of benzene rings is 1. The van der Waals surface area contributed by atoms with Crippen molar-refractivity contribution < 1.29 is 4.79 Å². The zero-order valence-corrected chi connectivity index (χ0v) is 16.6. The van der Waals surface area contributed by atoms with E-state index in [9.17, 15) is 4.79 Å². The summed E-state index contributed by atoms with van der Waals surface area (Å²) in [6, 6.07) is 11.9. The molecule has 0 heterocycles. The highest BCUT2D eigenvalue weighted by molar-refractivity contribution is 5.80. The van der Waals surface area contributed by atoms with E-state index in [1.165, 1.54) is 37.7 Å². The van der Waals surface area contributed by atoms with Gasteiger partial charge in [0.15, 0.2) is 0 Å². The zero-order valence-electron chi connectivity index (χ0n) is 16.6. The largest absolute Gasteiger partial charge is 0.353 e. The fourth-order valence-corrected chi connectivity index (χ4v) is 7.70. The summed E-state index contributed by atoms with van der Waals surface area (Å²) in [5, 5.41) is 3.45. The zero-order chi connectivity index (χ0) is 18.6. The predicted molar refractivity (Wildman–Crippen MR) is 108 cm³/mol. The minimum absolute atomic E-state index is 0.250. The normalized spacial score (nSPS) is 45.2. The molecule has 0 radical (unpaired) electrons. The molecule has 5 aliphatic rings. The number of nitrogens with one attached hydrogen (secondary N) is 1. The van der Waals surface area contributed by atoms with Gasteiger partial charge in [-0.05, 0) is 79.6 Å². The summed E-state index contributed by atoms with van der Waals surface area (Å²) in [7, 11) is 0. The summed E-state index contributed by atoms with van der Waals surface area (Å²) in [6.07, 6.45) is 10.4. The number of amides is 1. The average molecular weight is 367 g/mol. The first kappa shape index (κ1) is 17.7. The van der Waals surface area contributed by atoms with Crippen LogP contribution in [-0.2, 0) is 10.2 Å². The molecule has 0 aliphatic heterocycles. The molecule has 1 aromatic carbocycles. The van der Waals surface area contributed by atoms with Gasteiger partial charge in [0, 0.05) is 18.0 Å². The molecule has 5 saturated carbocycles. The van der Waals surface area contributed by atoms with E-state index in [1.54, 1.807) is 0 Å². The van der Waals surface area contributed by atoms with Crippen LogP contribution in [0.25, 0.3) is 0 Å². The topological polar surface area (TPSA) is 55.1 Å². The van der Waals surface area contributed by atoms with Gasteiger partial charge < -0.3 is 11.1 Å². The summed E-state index contributed by atoms with van der Waals surface area (Å²) in [6.45, 7) is 2.36. The average Bonchev–Trinajstić information content (AvgIpc) is 3.06. The molecule has 0 spiro atoms. The van der Waals surface area contributed by atoms with Crippen LogP contribution < -0.4 is 11.1 Å². The van der Waals surface area contributed by atoms with Crippen molar-refractivity contribution in [3.8, 4) is 0 Å². The van der Waals surface area contributed by atoms with Crippen molar-refractivity contribution in [1.82, 2.24) is 5.32 Å². The number of rotatable bonds is 4. The van der Waals surface area contributed by atoms with Gasteiger partial charge in [0.05, 0.1) is 0 Å². The molecular formula is C24H34N2O. The Hall–Kier alpha value is -1.35. The third kappa shape index (κ3) is 2.68. The first-order chi connectivity index (χ1) is 13.1. The van der Waals surface area contributed by atoms with Gasteiger partial charge in [0.25, 0.3) is 0 Å². The molecule has 3 nitrogen and oxygen atoms in total. The van der Waals surface area contributed by atoms with Gasteiger partial charge in [-0.1, -0.05) is 43.7 Å². The summed E-state index contributed by atoms with van der Waals surface area (Å²) in [5.74, 6) is 1.76. The van der Waals surface area contributed by atoms with Crippen LogP contribution in [0.5, 0.6) is 0 Å². The van der Waals surface area contributed by atoms with Gasteiger partial charge in [-0.3, -0.25) is 4.79 Å². The quantitative estimate of drug-likeness (QED) is 0.841. The lowest BCUT2D eigenvalue weighted by atomic mass is 9.61. The molecule has 5 atom stereocenters. The van der Waals surface area contributed by atoms with Gasteiger partial charge >= 0.3 is 0 Å². The van der Waals surface area contributed by atoms with Crippen LogP contribution in [0.4, 0.5) is 0 Å². The van der Waals surface area contributed by atoms with Gasteiger partial charge in [-0.25, -0.2) is 0 Å². The molecule has 5 unspecified atom stereocenters. The number of hydrogen-bond acceptors (Lipinski definition) is 2. The highest BCUT2D eigenvalue weighted by atomic mass is 16.2. The van der Waals surface area contributed by atoms with Crippen LogP contribution in [0.1, 0.15) is 70.3 Å². The minimum atomic E-state index is 0.250. The Morgan fingerprint density at radius 3 is 2.56 bits per heavy atom. The molecule has 4 bridgehead atoms. The van der Waals surface area contributed by atoms with Crippen LogP contribution in [0.2, 0.25) is 0 Å². The van der Waals surface area contributed by atoms with E-state index in [4.69, 9.17) is 5.73 Å². The summed E-state index contributed by atoms with van der Waals surface area (Å²) in [4.78, 5) is 13.3. The Morgan fingerprint density at radius 1 is 1.11 bits per heavy atom. The van der Waals surface area contributed by atoms with E-state index >= 15 is 0 Å². The Labute approximate surface area is 163 Å². The van der Waals surface area contributed by atoms with Crippen LogP contribution in [-0.4, -0.2) is 18.0 Å². The van der Waals surface area contributed by atoms with Crippen molar-refractivity contribution in [3.05, 3.63) is 35.9 Å². The molecule has 146 valence electrons. The van der Waals surface area contributed by atoms with Crippen LogP contribution in [0.15, 0.2) is 30.3 Å². The van der Waals surface area contributed by atoms with Crippen LogP contribution in [0, 0.1) is 23.2 Å². The third-order valence-electron chi connectivity index (χ3n) is 8.86. The van der Waals surface area contributed by atoms with Crippen LogP contribution >= 0.6 is 0 Å². The Morgan fingerprint density at radius 2 is 1.85 bits per heavy atom. The molecule has 0 saturated heterocycles. The summed E-state index contributed by atoms with van der Waals surface area (Å²) < 4.78 is 0. The SMILES string of the molecule is CCC12CC3CC(c4ccccc4)(CC1C3C(=O)NC1CCC(N)CC1)C2. The molecular weight excluding hydrogens is 332 g/mol. The van der Waals surface area contributed by atoms with E-state index in [0.29, 0.717) is 40.7 Å². The smallest absolute Gasteiger partial charge is 0.223 e. The summed E-state index contributed by atoms with van der Waals surface area (Å²) >= 11 is 0. The molecule has 1 amide bonds. The highest BCUT2D eigenvalue weighted by Gasteiger charge is 2.68. The van der Waals surface area contributed by atoms with Crippen LogP contribution in [0.3, 0.4) is 0 Å². The number of carbonyl (C=O) groups is 1. The fourth-order valence-electron chi connectivity index (χ4n) is 7.70. The maximum Gasteiger partial charge on any atom is 0.223 e. The Bertz CT molecular complexity index is 710. The highest BCUT2D eigenvalue weighted by Crippen LogP contribution is 2.73. The Kier molecular flexibility index (Phi) is 4.16. The number of carbonyl (C=O) groups excluding carboxylic acids is 1. The second kappa shape index (κ2) is 6.34. The van der Waals surface area contributed by atoms with Crippen molar-refractivity contribution in [2.75, 3.05) is 0 Å². The molecule has 5 aliphatic carbocycles. The fraction of sp³-hybridized carbons (Fsp3) is 0.708. The third-order valence-corrected chi connectivity index (χ3v) is 8.86. The molecule has 3 heteroatoms. The molecule has 3 N–H and O–H groups in total. The van der Waals surface area contributed by atoms with Crippen molar-refractivity contribution in [1.29, 1.82) is 0 Å².